The lowest BCUT2D eigenvalue weighted by Crippen LogP contribution is -2.61. The van der Waals surface area contributed by atoms with E-state index in [-0.39, 0.29) is 5.54 Å². The second-order valence-corrected chi connectivity index (χ2v) is 6.14. The molecule has 0 unspecified atom stereocenters. The Labute approximate surface area is 97.1 Å². The van der Waals surface area contributed by atoms with Crippen LogP contribution in [0.5, 0.6) is 0 Å². The van der Waals surface area contributed by atoms with Crippen molar-refractivity contribution in [3.8, 4) is 0 Å². The summed E-state index contributed by atoms with van der Waals surface area (Å²) < 4.78 is 0. The Bertz CT molecular complexity index is 290. The molecule has 2 aliphatic rings. The smallest absolute Gasteiger partial charge is 0.181 e. The van der Waals surface area contributed by atoms with Crippen LogP contribution in [0.1, 0.15) is 40.0 Å². The minimum atomic E-state index is 0.0966. The molecule has 0 radical (unpaired) electrons. The number of hydrogen-bond donors (Lipinski definition) is 3. The average Bonchev–Trinajstić information content (AvgIpc) is 2.70. The molecule has 3 atom stereocenters. The zero-order chi connectivity index (χ0) is 11.3. The van der Waals surface area contributed by atoms with Gasteiger partial charge in [0.2, 0.25) is 0 Å². The summed E-state index contributed by atoms with van der Waals surface area (Å²) in [7, 11) is 0. The Hall–Kier alpha value is -0.350. The average molecular weight is 227 g/mol. The van der Waals surface area contributed by atoms with Crippen molar-refractivity contribution in [3.63, 3.8) is 0 Å². The number of thiocarbonyl (C=S) groups is 1. The van der Waals surface area contributed by atoms with Crippen LogP contribution >= 0.6 is 12.2 Å². The molecular formula is C11H21N3S. The van der Waals surface area contributed by atoms with Crippen LogP contribution in [0.15, 0.2) is 0 Å². The predicted octanol–water partition coefficient (Wildman–Crippen LogP) is 1.54. The standard InChI is InChI=1S/C11H21N3S/c1-10(2)7-4-5-8(6-7)11(10,3)13-9(15)14-12/h7-8H,4-6,12H2,1-3H3,(H2,13,14,15)/t7-,8+,11+/m0/s1. The summed E-state index contributed by atoms with van der Waals surface area (Å²) in [5.41, 5.74) is 2.93. The van der Waals surface area contributed by atoms with Gasteiger partial charge in [-0.05, 0) is 55.7 Å². The van der Waals surface area contributed by atoms with E-state index in [9.17, 15) is 0 Å². The van der Waals surface area contributed by atoms with E-state index in [0.717, 1.165) is 11.8 Å². The minimum Gasteiger partial charge on any atom is -0.356 e. The molecule has 2 bridgehead atoms. The highest BCUT2D eigenvalue weighted by atomic mass is 32.1. The molecule has 2 saturated carbocycles. The van der Waals surface area contributed by atoms with Crippen LogP contribution in [-0.4, -0.2) is 10.7 Å². The van der Waals surface area contributed by atoms with Gasteiger partial charge in [-0.25, -0.2) is 5.84 Å². The van der Waals surface area contributed by atoms with Crippen LogP contribution in [0.2, 0.25) is 0 Å². The number of rotatable bonds is 1. The molecule has 0 amide bonds. The van der Waals surface area contributed by atoms with Gasteiger partial charge in [-0.1, -0.05) is 13.8 Å². The van der Waals surface area contributed by atoms with Crippen LogP contribution in [0.3, 0.4) is 0 Å². The quantitative estimate of drug-likeness (QED) is 0.361. The van der Waals surface area contributed by atoms with Crippen molar-refractivity contribution >= 4 is 17.3 Å². The van der Waals surface area contributed by atoms with Gasteiger partial charge in [-0.15, -0.1) is 0 Å². The van der Waals surface area contributed by atoms with Gasteiger partial charge >= 0.3 is 0 Å². The van der Waals surface area contributed by atoms with E-state index in [0.29, 0.717) is 10.5 Å². The number of nitrogens with one attached hydrogen (secondary N) is 2. The maximum atomic E-state index is 5.34. The zero-order valence-electron chi connectivity index (χ0n) is 9.76. The predicted molar refractivity (Wildman–Crippen MR) is 66.1 cm³/mol. The molecule has 0 spiro atoms. The molecule has 0 saturated heterocycles. The molecule has 0 aliphatic heterocycles. The van der Waals surface area contributed by atoms with Gasteiger partial charge < -0.3 is 10.7 Å². The van der Waals surface area contributed by atoms with E-state index in [2.05, 4.69) is 31.5 Å². The first kappa shape index (κ1) is 11.1. The SMILES string of the molecule is CC1(C)[C@H]2CC[C@H](C2)[C@@]1(C)NC(=S)NN. The molecule has 4 heteroatoms. The second-order valence-electron chi connectivity index (χ2n) is 5.73. The van der Waals surface area contributed by atoms with E-state index >= 15 is 0 Å². The first-order valence-corrected chi connectivity index (χ1v) is 6.11. The molecule has 15 heavy (non-hydrogen) atoms. The van der Waals surface area contributed by atoms with E-state index < -0.39 is 0 Å². The van der Waals surface area contributed by atoms with E-state index in [1.165, 1.54) is 19.3 Å². The monoisotopic (exact) mass is 227 g/mol. The molecule has 2 aliphatic carbocycles. The topological polar surface area (TPSA) is 50.1 Å². The lowest BCUT2D eigenvalue weighted by Gasteiger charge is -2.48. The van der Waals surface area contributed by atoms with Crippen LogP contribution in [0.4, 0.5) is 0 Å². The van der Waals surface area contributed by atoms with Crippen LogP contribution in [0.25, 0.3) is 0 Å². The Balaban J connectivity index is 2.23. The maximum Gasteiger partial charge on any atom is 0.181 e. The first-order chi connectivity index (χ1) is 6.91. The number of fused-ring (bicyclic) bond motifs is 2. The molecule has 0 heterocycles. The third-order valence-corrected chi connectivity index (χ3v) is 5.33. The Morgan fingerprint density at radius 3 is 2.33 bits per heavy atom. The fourth-order valence-electron chi connectivity index (χ4n) is 3.65. The zero-order valence-corrected chi connectivity index (χ0v) is 10.6. The van der Waals surface area contributed by atoms with Gasteiger partial charge in [-0.2, -0.15) is 0 Å². The largest absolute Gasteiger partial charge is 0.356 e. The van der Waals surface area contributed by atoms with Gasteiger partial charge in [0.15, 0.2) is 5.11 Å². The lowest BCUT2D eigenvalue weighted by atomic mass is 9.64. The van der Waals surface area contributed by atoms with Gasteiger partial charge in [0.25, 0.3) is 0 Å². The van der Waals surface area contributed by atoms with Crippen molar-refractivity contribution in [2.75, 3.05) is 0 Å². The maximum absolute atomic E-state index is 5.34. The normalized spacial score (nSPS) is 41.6. The van der Waals surface area contributed by atoms with Crippen molar-refractivity contribution in [2.24, 2.45) is 23.1 Å². The Kier molecular flexibility index (Phi) is 2.47. The minimum absolute atomic E-state index is 0.0966. The molecule has 2 fully saturated rings. The third-order valence-electron chi connectivity index (χ3n) is 5.11. The van der Waals surface area contributed by atoms with Gasteiger partial charge in [0, 0.05) is 5.54 Å². The Morgan fingerprint density at radius 1 is 1.27 bits per heavy atom. The first-order valence-electron chi connectivity index (χ1n) is 5.70. The van der Waals surface area contributed by atoms with Crippen LogP contribution in [0, 0.1) is 17.3 Å². The van der Waals surface area contributed by atoms with E-state index in [4.69, 9.17) is 18.1 Å². The van der Waals surface area contributed by atoms with Gasteiger partial charge in [0.1, 0.15) is 0 Å². The molecule has 86 valence electrons. The summed E-state index contributed by atoms with van der Waals surface area (Å²) >= 11 is 5.13. The van der Waals surface area contributed by atoms with Crippen molar-refractivity contribution in [1.82, 2.24) is 10.7 Å². The van der Waals surface area contributed by atoms with E-state index in [1.54, 1.807) is 0 Å². The lowest BCUT2D eigenvalue weighted by molar-refractivity contribution is 0.0833. The highest BCUT2D eigenvalue weighted by molar-refractivity contribution is 7.80. The van der Waals surface area contributed by atoms with Gasteiger partial charge in [-0.3, -0.25) is 0 Å². The summed E-state index contributed by atoms with van der Waals surface area (Å²) in [5, 5.41) is 3.99. The number of nitrogens with two attached hydrogens (primary N) is 1. The molecule has 3 nitrogen and oxygen atoms in total. The fourth-order valence-corrected chi connectivity index (χ4v) is 3.86. The van der Waals surface area contributed by atoms with Gasteiger partial charge in [0.05, 0.1) is 0 Å². The molecule has 2 rings (SSSR count). The summed E-state index contributed by atoms with van der Waals surface area (Å²) in [6.07, 6.45) is 4.03. The summed E-state index contributed by atoms with van der Waals surface area (Å²) in [5.74, 6) is 6.92. The highest BCUT2D eigenvalue weighted by Crippen LogP contribution is 2.61. The molecule has 0 aromatic heterocycles. The molecular weight excluding hydrogens is 206 g/mol. The fraction of sp³-hybridized carbons (Fsp3) is 0.909. The van der Waals surface area contributed by atoms with Crippen LogP contribution < -0.4 is 16.6 Å². The third kappa shape index (κ3) is 1.38. The molecule has 0 aromatic carbocycles. The summed E-state index contributed by atoms with van der Waals surface area (Å²) in [6.45, 7) is 6.99. The second kappa shape index (κ2) is 3.32. The number of hydrazine groups is 1. The van der Waals surface area contributed by atoms with Crippen molar-refractivity contribution in [3.05, 3.63) is 0 Å². The van der Waals surface area contributed by atoms with Crippen molar-refractivity contribution in [1.29, 1.82) is 0 Å². The van der Waals surface area contributed by atoms with Crippen molar-refractivity contribution < 1.29 is 0 Å². The van der Waals surface area contributed by atoms with Crippen LogP contribution in [-0.2, 0) is 0 Å². The summed E-state index contributed by atoms with van der Waals surface area (Å²) in [6, 6.07) is 0. The van der Waals surface area contributed by atoms with E-state index in [1.807, 2.05) is 0 Å². The number of hydrogen-bond acceptors (Lipinski definition) is 2. The summed E-state index contributed by atoms with van der Waals surface area (Å²) in [4.78, 5) is 0. The Morgan fingerprint density at radius 2 is 1.87 bits per heavy atom. The molecule has 0 aromatic rings. The van der Waals surface area contributed by atoms with Crippen molar-refractivity contribution in [2.45, 2.75) is 45.6 Å². The highest BCUT2D eigenvalue weighted by Gasteiger charge is 2.60. The molecule has 4 N–H and O–H groups in total.